The molecular weight excluding hydrogens is 548 g/mol. The predicted molar refractivity (Wildman–Crippen MR) is 152 cm³/mol. The van der Waals surface area contributed by atoms with E-state index in [2.05, 4.69) is 26.8 Å². The molecule has 1 amide bonds. The molecule has 3 N–H and O–H groups in total. The van der Waals surface area contributed by atoms with Gasteiger partial charge in [0.2, 0.25) is 5.90 Å². The molecule has 9 heteroatoms. The number of carbonyl (C=O) groups excluding carboxylic acids is 1. The first-order valence-corrected chi connectivity index (χ1v) is 13.3. The van der Waals surface area contributed by atoms with E-state index in [1.165, 1.54) is 0 Å². The Morgan fingerprint density at radius 3 is 2.53 bits per heavy atom. The number of amides is 1. The zero-order chi connectivity index (χ0) is 27.0. The van der Waals surface area contributed by atoms with Crippen molar-refractivity contribution in [2.45, 2.75) is 24.9 Å². The first-order valence-electron chi connectivity index (χ1n) is 12.5. The fourth-order valence-electron chi connectivity index (χ4n) is 4.04. The van der Waals surface area contributed by atoms with Gasteiger partial charge in [-0.2, -0.15) is 0 Å². The highest BCUT2D eigenvalue weighted by Crippen LogP contribution is 2.30. The molecule has 38 heavy (non-hydrogen) atoms. The van der Waals surface area contributed by atoms with Crippen molar-refractivity contribution in [2.24, 2.45) is 4.99 Å². The minimum Gasteiger partial charge on any atom is -0.494 e. The third-order valence-corrected chi connectivity index (χ3v) is 7.02. The minimum absolute atomic E-state index is 0.0853. The summed E-state index contributed by atoms with van der Waals surface area (Å²) >= 11 is 3.60. The molecule has 0 saturated heterocycles. The van der Waals surface area contributed by atoms with Crippen molar-refractivity contribution in [2.75, 3.05) is 38.8 Å². The summed E-state index contributed by atoms with van der Waals surface area (Å²) in [4.78, 5) is 20.4. The molecule has 200 valence electrons. The lowest BCUT2D eigenvalue weighted by Crippen LogP contribution is -2.52. The molecule has 0 unspecified atom stereocenters. The maximum Gasteiger partial charge on any atom is 0.266 e. The van der Waals surface area contributed by atoms with Crippen molar-refractivity contribution >= 4 is 33.4 Å². The zero-order valence-electron chi connectivity index (χ0n) is 21.6. The van der Waals surface area contributed by atoms with Crippen molar-refractivity contribution in [1.82, 2.24) is 10.9 Å². The molecular formula is C29H33BrN4O4. The van der Waals surface area contributed by atoms with Gasteiger partial charge in [-0.25, -0.2) is 10.4 Å². The highest BCUT2D eigenvalue weighted by atomic mass is 79.9. The van der Waals surface area contributed by atoms with Crippen molar-refractivity contribution in [1.29, 1.82) is 0 Å². The number of hydrogen-bond acceptors (Lipinski definition) is 7. The van der Waals surface area contributed by atoms with Gasteiger partial charge >= 0.3 is 0 Å². The lowest BCUT2D eigenvalue weighted by molar-refractivity contribution is -0.127. The van der Waals surface area contributed by atoms with Crippen LogP contribution in [0, 0.1) is 0 Å². The van der Waals surface area contributed by atoms with Crippen LogP contribution in [0.5, 0.6) is 5.75 Å². The van der Waals surface area contributed by atoms with Gasteiger partial charge in [-0.1, -0.05) is 46.3 Å². The standard InChI is InChI=1S/C29H33BrN4O4/c1-34(2)24-12-8-21(9-13-24)19-31-33-28(36)29(18-23-6-3-4-7-26(23)30)20-38-27(32-29)22-10-14-25(15-11-22)37-17-5-16-35/h3-4,6-15,31,35H,5,16-20H2,1-2H3,(H,33,36)/t29-/m0/s1. The van der Waals surface area contributed by atoms with Crippen LogP contribution >= 0.6 is 15.9 Å². The maximum atomic E-state index is 13.6. The fraction of sp³-hybridized carbons (Fsp3) is 0.310. The highest BCUT2D eigenvalue weighted by molar-refractivity contribution is 9.10. The molecule has 4 rings (SSSR count). The van der Waals surface area contributed by atoms with E-state index in [1.54, 1.807) is 0 Å². The number of aliphatic hydroxyl groups excluding tert-OH is 1. The first kappa shape index (κ1) is 27.6. The van der Waals surface area contributed by atoms with Gasteiger partial charge in [0.25, 0.3) is 5.91 Å². The average Bonchev–Trinajstić information content (AvgIpc) is 3.36. The van der Waals surface area contributed by atoms with Crippen LogP contribution in [0.15, 0.2) is 82.3 Å². The summed E-state index contributed by atoms with van der Waals surface area (Å²) in [6, 6.07) is 23.3. The van der Waals surface area contributed by atoms with Gasteiger partial charge in [0.1, 0.15) is 12.4 Å². The van der Waals surface area contributed by atoms with Gasteiger partial charge in [0.15, 0.2) is 5.54 Å². The second-order valence-corrected chi connectivity index (χ2v) is 10.2. The smallest absolute Gasteiger partial charge is 0.266 e. The van der Waals surface area contributed by atoms with E-state index in [4.69, 9.17) is 19.6 Å². The Bertz CT molecular complexity index is 1250. The van der Waals surface area contributed by atoms with Crippen LogP contribution in [0.25, 0.3) is 0 Å². The van der Waals surface area contributed by atoms with Crippen LogP contribution in [0.1, 0.15) is 23.1 Å². The second-order valence-electron chi connectivity index (χ2n) is 9.32. The lowest BCUT2D eigenvalue weighted by Gasteiger charge is -2.24. The van der Waals surface area contributed by atoms with E-state index >= 15 is 0 Å². The number of nitrogens with zero attached hydrogens (tertiary/aromatic N) is 2. The number of aliphatic imine (C=N–C) groups is 1. The Labute approximate surface area is 231 Å². The van der Waals surface area contributed by atoms with Gasteiger partial charge in [0.05, 0.1) is 6.61 Å². The van der Waals surface area contributed by atoms with Crippen molar-refractivity contribution in [3.05, 3.63) is 94.0 Å². The summed E-state index contributed by atoms with van der Waals surface area (Å²) in [6.45, 7) is 1.11. The second kappa shape index (κ2) is 12.9. The molecule has 0 radical (unpaired) electrons. The largest absolute Gasteiger partial charge is 0.494 e. The monoisotopic (exact) mass is 580 g/mol. The molecule has 1 aliphatic rings. The molecule has 3 aromatic rings. The Morgan fingerprint density at radius 1 is 1.11 bits per heavy atom. The SMILES string of the molecule is CN(C)c1ccc(CNNC(=O)[C@]2(Cc3ccccc3Br)COC(c3ccc(OCCCO)cc3)=N2)cc1. The van der Waals surface area contributed by atoms with Gasteiger partial charge in [-0.3, -0.25) is 10.2 Å². The van der Waals surface area contributed by atoms with Gasteiger partial charge in [0, 0.05) is 55.8 Å². The molecule has 0 bridgehead atoms. The van der Waals surface area contributed by atoms with E-state index in [-0.39, 0.29) is 19.1 Å². The van der Waals surface area contributed by atoms with Crippen molar-refractivity contribution in [3.8, 4) is 5.75 Å². The van der Waals surface area contributed by atoms with E-state index in [0.29, 0.717) is 37.6 Å². The summed E-state index contributed by atoms with van der Waals surface area (Å²) < 4.78 is 12.5. The van der Waals surface area contributed by atoms with Crippen molar-refractivity contribution < 1.29 is 19.4 Å². The molecule has 1 aliphatic heterocycles. The maximum absolute atomic E-state index is 13.6. The van der Waals surface area contributed by atoms with Gasteiger partial charge < -0.3 is 19.5 Å². The topological polar surface area (TPSA) is 95.4 Å². The summed E-state index contributed by atoms with van der Waals surface area (Å²) in [5.41, 5.74) is 8.65. The quantitative estimate of drug-likeness (QED) is 0.222. The summed E-state index contributed by atoms with van der Waals surface area (Å²) in [5.74, 6) is 0.839. The molecule has 0 spiro atoms. The van der Waals surface area contributed by atoms with Crippen LogP contribution in [-0.2, 0) is 22.5 Å². The number of hydrazine groups is 1. The van der Waals surface area contributed by atoms with Gasteiger partial charge in [-0.05, 0) is 53.6 Å². The normalized spacial score (nSPS) is 16.5. The third kappa shape index (κ3) is 6.92. The first-order chi connectivity index (χ1) is 18.4. The van der Waals surface area contributed by atoms with E-state index in [1.807, 2.05) is 91.8 Å². The molecule has 0 aliphatic carbocycles. The van der Waals surface area contributed by atoms with Crippen LogP contribution in [0.3, 0.4) is 0 Å². The zero-order valence-corrected chi connectivity index (χ0v) is 23.2. The summed E-state index contributed by atoms with van der Waals surface area (Å²) in [5, 5.41) is 8.93. The van der Waals surface area contributed by atoms with Crippen LogP contribution in [-0.4, -0.2) is 56.4 Å². The number of halogens is 1. The molecule has 0 fully saturated rings. The Kier molecular flexibility index (Phi) is 9.38. The number of hydrogen-bond donors (Lipinski definition) is 3. The number of benzene rings is 3. The fourth-order valence-corrected chi connectivity index (χ4v) is 4.47. The van der Waals surface area contributed by atoms with Crippen LogP contribution < -0.4 is 20.5 Å². The van der Waals surface area contributed by atoms with Gasteiger partial charge in [-0.15, -0.1) is 0 Å². The van der Waals surface area contributed by atoms with E-state index < -0.39 is 5.54 Å². The predicted octanol–water partition coefficient (Wildman–Crippen LogP) is 3.86. The number of carbonyl (C=O) groups is 1. The lowest BCUT2D eigenvalue weighted by atomic mass is 9.91. The van der Waals surface area contributed by atoms with Crippen molar-refractivity contribution in [3.63, 3.8) is 0 Å². The highest BCUT2D eigenvalue weighted by Gasteiger charge is 2.45. The Hall–Kier alpha value is -3.40. The Morgan fingerprint density at radius 2 is 1.84 bits per heavy atom. The molecule has 1 heterocycles. The number of rotatable bonds is 12. The molecule has 0 aromatic heterocycles. The van der Waals surface area contributed by atoms with E-state index in [0.717, 1.165) is 26.9 Å². The minimum atomic E-state index is -1.14. The molecule has 3 aromatic carbocycles. The van der Waals surface area contributed by atoms with Crippen LogP contribution in [0.4, 0.5) is 5.69 Å². The Balaban J connectivity index is 1.49. The molecule has 8 nitrogen and oxygen atoms in total. The number of anilines is 1. The molecule has 1 atom stereocenters. The van der Waals surface area contributed by atoms with E-state index in [9.17, 15) is 4.79 Å². The summed E-state index contributed by atoms with van der Waals surface area (Å²) in [6.07, 6.45) is 0.936. The third-order valence-electron chi connectivity index (χ3n) is 6.25. The van der Waals surface area contributed by atoms with Crippen LogP contribution in [0.2, 0.25) is 0 Å². The average molecular weight is 582 g/mol. The molecule has 0 saturated carbocycles. The number of nitrogens with one attached hydrogen (secondary N) is 2. The number of ether oxygens (including phenoxy) is 2. The summed E-state index contributed by atoms with van der Waals surface area (Å²) in [7, 11) is 4.00. The number of aliphatic hydroxyl groups is 1.